The summed E-state index contributed by atoms with van der Waals surface area (Å²) in [5.74, 6) is -3.60. The van der Waals surface area contributed by atoms with E-state index in [0.29, 0.717) is 0 Å². The third kappa shape index (κ3) is 3.90. The van der Waals surface area contributed by atoms with E-state index < -0.39 is 53.1 Å². The van der Waals surface area contributed by atoms with E-state index in [1.165, 1.54) is 26.0 Å². The molecule has 0 saturated carbocycles. The molecule has 10 heteroatoms. The van der Waals surface area contributed by atoms with Crippen molar-refractivity contribution in [2.24, 2.45) is 0 Å². The molecule has 1 aromatic carbocycles. The summed E-state index contributed by atoms with van der Waals surface area (Å²) in [6, 6.07) is 7.72. The third-order valence-corrected chi connectivity index (χ3v) is 9.12. The highest BCUT2D eigenvalue weighted by molar-refractivity contribution is 8.10. The van der Waals surface area contributed by atoms with Gasteiger partial charge in [0.15, 0.2) is 35.3 Å². The predicted molar refractivity (Wildman–Crippen MR) is 92.7 cm³/mol. The summed E-state index contributed by atoms with van der Waals surface area (Å²) in [4.78, 5) is 24.8. The van der Waals surface area contributed by atoms with Crippen molar-refractivity contribution < 1.29 is 35.9 Å². The molecule has 0 aromatic heterocycles. The van der Waals surface area contributed by atoms with Crippen LogP contribution in [-0.4, -0.2) is 57.6 Å². The van der Waals surface area contributed by atoms with Crippen LogP contribution in [0.2, 0.25) is 0 Å². The predicted octanol–water partition coefficient (Wildman–Crippen LogP) is 0.434. The highest BCUT2D eigenvalue weighted by atomic mass is 32.3. The molecular weight excluding hydrogens is 384 g/mol. The van der Waals surface area contributed by atoms with Gasteiger partial charge in [-0.05, 0) is 19.4 Å². The Labute approximate surface area is 152 Å². The smallest absolute Gasteiger partial charge is 0.325 e. The van der Waals surface area contributed by atoms with Crippen molar-refractivity contribution in [3.8, 4) is 0 Å². The number of rotatable bonds is 5. The van der Waals surface area contributed by atoms with Crippen LogP contribution in [0, 0.1) is 0 Å². The average Bonchev–Trinajstić information content (AvgIpc) is 2.53. The maximum atomic E-state index is 12.6. The number of hydrogen-bond donors (Lipinski definition) is 0. The Kier molecular flexibility index (Phi) is 6.07. The van der Waals surface area contributed by atoms with Crippen LogP contribution in [0.3, 0.4) is 0 Å². The second kappa shape index (κ2) is 7.75. The SMILES string of the molecule is CCOC(=O)[C@@H]1C(c2ccccc2)[C@@H](C(=O)OCC)S(=O)(=O)CS1(=O)=O. The monoisotopic (exact) mass is 404 g/mol. The molecule has 1 aliphatic rings. The van der Waals surface area contributed by atoms with Gasteiger partial charge in [-0.15, -0.1) is 0 Å². The molecule has 1 saturated heterocycles. The van der Waals surface area contributed by atoms with E-state index in [9.17, 15) is 26.4 Å². The van der Waals surface area contributed by atoms with Crippen LogP contribution in [0.15, 0.2) is 30.3 Å². The van der Waals surface area contributed by atoms with Gasteiger partial charge in [-0.25, -0.2) is 16.8 Å². The van der Waals surface area contributed by atoms with Gasteiger partial charge in [0.2, 0.25) is 0 Å². The molecule has 2 rings (SSSR count). The molecule has 1 aromatic rings. The minimum absolute atomic E-state index is 0.0802. The summed E-state index contributed by atoms with van der Waals surface area (Å²) < 4.78 is 60.1. The van der Waals surface area contributed by atoms with Crippen molar-refractivity contribution in [2.75, 3.05) is 18.3 Å². The average molecular weight is 404 g/mol. The number of carbonyl (C=O) groups excluding carboxylic acids is 2. The Balaban J connectivity index is 2.72. The van der Waals surface area contributed by atoms with Crippen molar-refractivity contribution in [1.29, 1.82) is 0 Å². The molecule has 0 aliphatic carbocycles. The lowest BCUT2D eigenvalue weighted by molar-refractivity contribution is -0.145. The second-order valence-electron chi connectivity index (χ2n) is 5.73. The Bertz CT molecular complexity index is 820. The summed E-state index contributed by atoms with van der Waals surface area (Å²) in [5.41, 5.74) is 0.232. The zero-order valence-electron chi connectivity index (χ0n) is 14.3. The maximum Gasteiger partial charge on any atom is 0.325 e. The first-order chi connectivity index (χ1) is 12.2. The van der Waals surface area contributed by atoms with E-state index in [1.807, 2.05) is 0 Å². The molecule has 0 unspecified atom stereocenters. The molecule has 0 bridgehead atoms. The fourth-order valence-corrected chi connectivity index (χ4v) is 8.39. The normalized spacial score (nSPS) is 26.6. The molecular formula is C16H20O8S2. The van der Waals surface area contributed by atoms with Gasteiger partial charge in [0.05, 0.1) is 13.2 Å². The molecule has 0 radical (unpaired) electrons. The zero-order chi connectivity index (χ0) is 19.5. The number of hydrogen-bond acceptors (Lipinski definition) is 8. The number of sulfone groups is 2. The van der Waals surface area contributed by atoms with E-state index in [2.05, 4.69) is 0 Å². The lowest BCUT2D eigenvalue weighted by atomic mass is 9.91. The highest BCUT2D eigenvalue weighted by Crippen LogP contribution is 2.39. The van der Waals surface area contributed by atoms with Crippen LogP contribution in [0.25, 0.3) is 0 Å². The molecule has 1 heterocycles. The lowest BCUT2D eigenvalue weighted by Gasteiger charge is -2.35. The molecule has 0 N–H and O–H groups in total. The van der Waals surface area contributed by atoms with Crippen LogP contribution in [-0.2, 0) is 38.7 Å². The lowest BCUT2D eigenvalue weighted by Crippen LogP contribution is -2.55. The van der Waals surface area contributed by atoms with Gasteiger partial charge in [0, 0.05) is 5.92 Å². The van der Waals surface area contributed by atoms with Crippen molar-refractivity contribution in [3.63, 3.8) is 0 Å². The topological polar surface area (TPSA) is 121 Å². The molecule has 0 amide bonds. The van der Waals surface area contributed by atoms with Gasteiger partial charge in [-0.2, -0.15) is 0 Å². The maximum absolute atomic E-state index is 12.6. The molecule has 144 valence electrons. The molecule has 8 nitrogen and oxygen atoms in total. The Morgan fingerprint density at radius 3 is 1.69 bits per heavy atom. The number of esters is 2. The van der Waals surface area contributed by atoms with Gasteiger partial charge in [-0.3, -0.25) is 9.59 Å². The van der Waals surface area contributed by atoms with Crippen molar-refractivity contribution >= 4 is 31.6 Å². The Morgan fingerprint density at radius 1 is 0.885 bits per heavy atom. The van der Waals surface area contributed by atoms with Crippen LogP contribution in [0.4, 0.5) is 0 Å². The minimum Gasteiger partial charge on any atom is -0.465 e. The first kappa shape index (κ1) is 20.4. The summed E-state index contributed by atoms with van der Waals surface area (Å²) in [6.07, 6.45) is 0. The van der Waals surface area contributed by atoms with Crippen LogP contribution in [0.1, 0.15) is 25.3 Å². The molecule has 0 spiro atoms. The van der Waals surface area contributed by atoms with Crippen molar-refractivity contribution in [3.05, 3.63) is 35.9 Å². The van der Waals surface area contributed by atoms with Crippen molar-refractivity contribution in [1.82, 2.24) is 0 Å². The summed E-state index contributed by atoms with van der Waals surface area (Å²) >= 11 is 0. The van der Waals surface area contributed by atoms with E-state index in [4.69, 9.17) is 9.47 Å². The minimum atomic E-state index is -4.40. The Hall–Kier alpha value is -1.94. The van der Waals surface area contributed by atoms with Crippen molar-refractivity contribution in [2.45, 2.75) is 30.3 Å². The molecule has 26 heavy (non-hydrogen) atoms. The Morgan fingerprint density at radius 2 is 1.31 bits per heavy atom. The molecule has 1 aliphatic heterocycles. The largest absolute Gasteiger partial charge is 0.465 e. The van der Waals surface area contributed by atoms with Crippen LogP contribution >= 0.6 is 0 Å². The first-order valence-corrected chi connectivity index (χ1v) is 11.4. The number of carbonyl (C=O) groups is 2. The van der Waals surface area contributed by atoms with Gasteiger partial charge in [-0.1, -0.05) is 30.3 Å². The highest BCUT2D eigenvalue weighted by Gasteiger charge is 2.58. The number of benzene rings is 1. The fraction of sp³-hybridized carbons (Fsp3) is 0.500. The molecule has 1 fully saturated rings. The number of ether oxygens (including phenoxy) is 2. The fourth-order valence-electron chi connectivity index (χ4n) is 3.04. The van der Waals surface area contributed by atoms with E-state index >= 15 is 0 Å². The standard InChI is InChI=1S/C16H20O8S2/c1-3-23-15(17)13-12(11-8-6-5-7-9-11)14(16(18)24-4-2)26(21,22)10-25(13,19)20/h5-9,12-14H,3-4,10H2,1-2H3/t13-,14-/m0/s1. The van der Waals surface area contributed by atoms with Crippen LogP contribution < -0.4 is 0 Å². The van der Waals surface area contributed by atoms with Crippen LogP contribution in [0.5, 0.6) is 0 Å². The van der Waals surface area contributed by atoms with Gasteiger partial charge in [0.25, 0.3) is 0 Å². The molecule has 2 atom stereocenters. The summed E-state index contributed by atoms with van der Waals surface area (Å²) in [7, 11) is -8.80. The quantitative estimate of drug-likeness (QED) is 0.648. The third-order valence-electron chi connectivity index (χ3n) is 3.98. The summed E-state index contributed by atoms with van der Waals surface area (Å²) in [5, 5.41) is -4.92. The van der Waals surface area contributed by atoms with Gasteiger partial charge < -0.3 is 9.47 Å². The van der Waals surface area contributed by atoms with Gasteiger partial charge in [0.1, 0.15) is 0 Å². The summed E-state index contributed by atoms with van der Waals surface area (Å²) in [6.45, 7) is 2.85. The first-order valence-electron chi connectivity index (χ1n) is 7.97. The van der Waals surface area contributed by atoms with Gasteiger partial charge >= 0.3 is 11.9 Å². The zero-order valence-corrected chi connectivity index (χ0v) is 16.0. The van der Waals surface area contributed by atoms with E-state index in [0.717, 1.165) is 0 Å². The van der Waals surface area contributed by atoms with E-state index in [-0.39, 0.29) is 18.8 Å². The van der Waals surface area contributed by atoms with E-state index in [1.54, 1.807) is 18.2 Å². The second-order valence-corrected chi connectivity index (χ2v) is 10.3.